The minimum atomic E-state index is -0.691. The van der Waals surface area contributed by atoms with Crippen molar-refractivity contribution in [3.05, 3.63) is 22.4 Å². The zero-order chi connectivity index (χ0) is 8.97. The summed E-state index contributed by atoms with van der Waals surface area (Å²) >= 11 is 1.61. The molecule has 0 saturated carbocycles. The SMILES string of the molecule is CCC(Cc1ccsc1)C(=O)O. The van der Waals surface area contributed by atoms with E-state index in [0.29, 0.717) is 12.8 Å². The van der Waals surface area contributed by atoms with Crippen LogP contribution in [0.25, 0.3) is 0 Å². The summed E-state index contributed by atoms with van der Waals surface area (Å²) in [4.78, 5) is 10.7. The van der Waals surface area contributed by atoms with Gasteiger partial charge in [-0.05, 0) is 35.2 Å². The molecule has 3 heteroatoms. The van der Waals surface area contributed by atoms with Crippen molar-refractivity contribution in [3.8, 4) is 0 Å². The Balaban J connectivity index is 2.54. The molecule has 2 nitrogen and oxygen atoms in total. The number of carbonyl (C=O) groups is 1. The second-order valence-electron chi connectivity index (χ2n) is 2.78. The van der Waals surface area contributed by atoms with E-state index >= 15 is 0 Å². The number of hydrogen-bond donors (Lipinski definition) is 1. The Kier molecular flexibility index (Phi) is 3.29. The van der Waals surface area contributed by atoms with Gasteiger partial charge in [-0.15, -0.1) is 0 Å². The Morgan fingerprint density at radius 2 is 2.50 bits per heavy atom. The van der Waals surface area contributed by atoms with Gasteiger partial charge < -0.3 is 5.11 Å². The highest BCUT2D eigenvalue weighted by Gasteiger charge is 2.15. The van der Waals surface area contributed by atoms with Gasteiger partial charge in [0.2, 0.25) is 0 Å². The monoisotopic (exact) mass is 184 g/mol. The maximum atomic E-state index is 10.7. The Bertz CT molecular complexity index is 241. The highest BCUT2D eigenvalue weighted by atomic mass is 32.1. The molecular weight excluding hydrogens is 172 g/mol. The third kappa shape index (κ3) is 2.34. The van der Waals surface area contributed by atoms with Crippen molar-refractivity contribution in [1.82, 2.24) is 0 Å². The molecule has 0 aromatic carbocycles. The van der Waals surface area contributed by atoms with Crippen LogP contribution in [0, 0.1) is 5.92 Å². The van der Waals surface area contributed by atoms with Gasteiger partial charge in [0.15, 0.2) is 0 Å². The number of hydrogen-bond acceptors (Lipinski definition) is 2. The van der Waals surface area contributed by atoms with E-state index in [1.54, 1.807) is 11.3 Å². The lowest BCUT2D eigenvalue weighted by Crippen LogP contribution is -2.14. The van der Waals surface area contributed by atoms with Crippen LogP contribution in [-0.2, 0) is 11.2 Å². The minimum Gasteiger partial charge on any atom is -0.481 e. The first-order chi connectivity index (χ1) is 5.74. The molecule has 1 rings (SSSR count). The van der Waals surface area contributed by atoms with E-state index in [1.165, 1.54) is 0 Å². The number of carboxylic acid groups (broad SMARTS) is 1. The van der Waals surface area contributed by atoms with E-state index in [1.807, 2.05) is 23.8 Å². The quantitative estimate of drug-likeness (QED) is 0.780. The van der Waals surface area contributed by atoms with E-state index in [0.717, 1.165) is 5.56 Å². The smallest absolute Gasteiger partial charge is 0.306 e. The largest absolute Gasteiger partial charge is 0.481 e. The lowest BCUT2D eigenvalue weighted by atomic mass is 9.99. The molecule has 0 aliphatic rings. The average Bonchev–Trinajstić information content (AvgIpc) is 2.51. The molecule has 1 atom stereocenters. The molecule has 12 heavy (non-hydrogen) atoms. The summed E-state index contributed by atoms with van der Waals surface area (Å²) in [5.74, 6) is -0.914. The van der Waals surface area contributed by atoms with Crippen molar-refractivity contribution in [2.45, 2.75) is 19.8 Å². The van der Waals surface area contributed by atoms with Crippen molar-refractivity contribution in [2.24, 2.45) is 5.92 Å². The van der Waals surface area contributed by atoms with Crippen LogP contribution in [0.1, 0.15) is 18.9 Å². The van der Waals surface area contributed by atoms with Crippen molar-refractivity contribution in [1.29, 1.82) is 0 Å². The third-order valence-corrected chi connectivity index (χ3v) is 2.64. The first-order valence-corrected chi connectivity index (χ1v) is 4.92. The van der Waals surface area contributed by atoms with Crippen LogP contribution < -0.4 is 0 Å². The zero-order valence-electron chi connectivity index (χ0n) is 6.99. The minimum absolute atomic E-state index is 0.223. The average molecular weight is 184 g/mol. The first-order valence-electron chi connectivity index (χ1n) is 3.98. The van der Waals surface area contributed by atoms with Gasteiger partial charge in [-0.2, -0.15) is 11.3 Å². The fraction of sp³-hybridized carbons (Fsp3) is 0.444. The molecular formula is C9H12O2S. The van der Waals surface area contributed by atoms with Gasteiger partial charge in [0.25, 0.3) is 0 Å². The standard InChI is InChI=1S/C9H12O2S/c1-2-8(9(10)11)5-7-3-4-12-6-7/h3-4,6,8H,2,5H2,1H3,(H,10,11). The summed E-state index contributed by atoms with van der Waals surface area (Å²) in [5, 5.41) is 12.8. The van der Waals surface area contributed by atoms with Crippen molar-refractivity contribution in [3.63, 3.8) is 0 Å². The van der Waals surface area contributed by atoms with E-state index in [4.69, 9.17) is 5.11 Å². The molecule has 0 bridgehead atoms. The molecule has 0 radical (unpaired) electrons. The van der Waals surface area contributed by atoms with Gasteiger partial charge in [-0.1, -0.05) is 6.92 Å². The van der Waals surface area contributed by atoms with Crippen LogP contribution in [-0.4, -0.2) is 11.1 Å². The molecule has 0 aliphatic heterocycles. The molecule has 0 saturated heterocycles. The van der Waals surface area contributed by atoms with Crippen molar-refractivity contribution < 1.29 is 9.90 Å². The van der Waals surface area contributed by atoms with Crippen LogP contribution >= 0.6 is 11.3 Å². The topological polar surface area (TPSA) is 37.3 Å². The fourth-order valence-corrected chi connectivity index (χ4v) is 1.78. The molecule has 1 unspecified atom stereocenters. The summed E-state index contributed by atoms with van der Waals surface area (Å²) < 4.78 is 0. The van der Waals surface area contributed by atoms with E-state index < -0.39 is 5.97 Å². The molecule has 1 heterocycles. The van der Waals surface area contributed by atoms with E-state index in [9.17, 15) is 4.79 Å². The summed E-state index contributed by atoms with van der Waals surface area (Å²) in [5.41, 5.74) is 1.13. The van der Waals surface area contributed by atoms with Gasteiger partial charge in [0.1, 0.15) is 0 Å². The van der Waals surface area contributed by atoms with Gasteiger partial charge >= 0.3 is 5.97 Å². The predicted molar refractivity (Wildman–Crippen MR) is 49.4 cm³/mol. The molecule has 1 aromatic heterocycles. The molecule has 66 valence electrons. The summed E-state index contributed by atoms with van der Waals surface area (Å²) in [6, 6.07) is 1.98. The van der Waals surface area contributed by atoms with Crippen LogP contribution in [0.3, 0.4) is 0 Å². The highest BCUT2D eigenvalue weighted by Crippen LogP contribution is 2.14. The fourth-order valence-electron chi connectivity index (χ4n) is 1.10. The molecule has 0 amide bonds. The second kappa shape index (κ2) is 4.26. The predicted octanol–water partition coefficient (Wildman–Crippen LogP) is 2.40. The Morgan fingerprint density at radius 1 is 1.75 bits per heavy atom. The number of aliphatic carboxylic acids is 1. The Labute approximate surface area is 75.9 Å². The van der Waals surface area contributed by atoms with Gasteiger partial charge in [-0.3, -0.25) is 4.79 Å². The number of thiophene rings is 1. The van der Waals surface area contributed by atoms with Crippen LogP contribution in [0.4, 0.5) is 0 Å². The first kappa shape index (κ1) is 9.26. The lowest BCUT2D eigenvalue weighted by Gasteiger charge is -2.06. The molecule has 1 aromatic rings. The Hall–Kier alpha value is -0.830. The maximum absolute atomic E-state index is 10.7. The van der Waals surface area contributed by atoms with Gasteiger partial charge in [0, 0.05) is 0 Å². The van der Waals surface area contributed by atoms with Crippen LogP contribution in [0.5, 0.6) is 0 Å². The zero-order valence-corrected chi connectivity index (χ0v) is 7.80. The van der Waals surface area contributed by atoms with Crippen LogP contribution in [0.15, 0.2) is 16.8 Å². The van der Waals surface area contributed by atoms with E-state index in [-0.39, 0.29) is 5.92 Å². The summed E-state index contributed by atoms with van der Waals surface area (Å²) in [7, 11) is 0. The molecule has 0 fully saturated rings. The normalized spacial score (nSPS) is 12.8. The lowest BCUT2D eigenvalue weighted by molar-refractivity contribution is -0.141. The number of rotatable bonds is 4. The highest BCUT2D eigenvalue weighted by molar-refractivity contribution is 7.07. The Morgan fingerprint density at radius 3 is 2.92 bits per heavy atom. The third-order valence-electron chi connectivity index (χ3n) is 1.90. The van der Waals surface area contributed by atoms with Gasteiger partial charge in [0.05, 0.1) is 5.92 Å². The van der Waals surface area contributed by atoms with Crippen molar-refractivity contribution in [2.75, 3.05) is 0 Å². The summed E-state index contributed by atoms with van der Waals surface area (Å²) in [6.07, 6.45) is 1.36. The van der Waals surface area contributed by atoms with Crippen LogP contribution in [0.2, 0.25) is 0 Å². The molecule has 1 N–H and O–H groups in total. The van der Waals surface area contributed by atoms with Crippen molar-refractivity contribution >= 4 is 17.3 Å². The second-order valence-corrected chi connectivity index (χ2v) is 3.56. The maximum Gasteiger partial charge on any atom is 0.306 e. The molecule has 0 spiro atoms. The summed E-state index contributed by atoms with van der Waals surface area (Å²) in [6.45, 7) is 1.91. The molecule has 0 aliphatic carbocycles. The van der Waals surface area contributed by atoms with E-state index in [2.05, 4.69) is 0 Å². The number of carboxylic acids is 1. The van der Waals surface area contributed by atoms with Gasteiger partial charge in [-0.25, -0.2) is 0 Å².